The number of amides is 3. The van der Waals surface area contributed by atoms with E-state index in [0.717, 1.165) is 5.56 Å². The zero-order valence-electron chi connectivity index (χ0n) is 32.9. The lowest BCUT2D eigenvalue weighted by Gasteiger charge is -2.24. The highest BCUT2D eigenvalue weighted by molar-refractivity contribution is 5.90. The molecule has 0 saturated carbocycles. The zero-order chi connectivity index (χ0) is 42.4. The fourth-order valence-electron chi connectivity index (χ4n) is 5.46. The van der Waals surface area contributed by atoms with Crippen LogP contribution in [0.15, 0.2) is 91.0 Å². The Hall–Kier alpha value is -6.97. The largest absolute Gasteiger partial charge is 0.508 e. The van der Waals surface area contributed by atoms with Crippen LogP contribution in [-0.2, 0) is 41.6 Å². The summed E-state index contributed by atoms with van der Waals surface area (Å²) in [5, 5.41) is 27.4. The molecule has 0 unspecified atom stereocenters. The third kappa shape index (κ3) is 13.1. The second-order valence-electron chi connectivity index (χ2n) is 13.7. The molecule has 0 spiro atoms. The summed E-state index contributed by atoms with van der Waals surface area (Å²) in [5.74, 6) is -2.51. The van der Waals surface area contributed by atoms with E-state index in [9.17, 15) is 34.2 Å². The minimum absolute atomic E-state index is 0.00178. The van der Waals surface area contributed by atoms with Gasteiger partial charge in [0.25, 0.3) is 0 Å². The number of phenolic OH excluding ortho intramolecular Hbond substituents is 1. The lowest BCUT2D eigenvalue weighted by Crippen LogP contribution is -2.50. The second-order valence-corrected chi connectivity index (χ2v) is 13.7. The highest BCUT2D eigenvalue weighted by Crippen LogP contribution is 2.37. The van der Waals surface area contributed by atoms with Crippen LogP contribution in [0.3, 0.4) is 0 Å². The van der Waals surface area contributed by atoms with Crippen LogP contribution in [-0.4, -0.2) is 72.7 Å². The number of hydrogen-bond donors (Lipinski definition) is 5. The van der Waals surface area contributed by atoms with Crippen molar-refractivity contribution in [2.75, 3.05) is 20.8 Å². The van der Waals surface area contributed by atoms with Crippen LogP contribution >= 0.6 is 0 Å². The predicted octanol–water partition coefficient (Wildman–Crippen LogP) is 6.11. The van der Waals surface area contributed by atoms with Crippen LogP contribution in [0, 0.1) is 0 Å². The maximum absolute atomic E-state index is 14.0. The van der Waals surface area contributed by atoms with Crippen molar-refractivity contribution < 1.29 is 62.6 Å². The van der Waals surface area contributed by atoms with Crippen LogP contribution in [0.1, 0.15) is 62.0 Å². The number of aromatic hydroxyl groups is 1. The summed E-state index contributed by atoms with van der Waals surface area (Å²) in [6.07, 6.45) is -1.90. The lowest BCUT2D eigenvalue weighted by molar-refractivity contribution is -0.147. The van der Waals surface area contributed by atoms with E-state index in [1.807, 2.05) is 6.07 Å². The molecule has 308 valence electrons. The number of phenols is 1. The number of benzene rings is 4. The summed E-state index contributed by atoms with van der Waals surface area (Å²) in [4.78, 5) is 65.3. The van der Waals surface area contributed by atoms with E-state index in [-0.39, 0.29) is 59.5 Å². The minimum Gasteiger partial charge on any atom is -0.508 e. The van der Waals surface area contributed by atoms with Gasteiger partial charge in [-0.05, 0) is 86.3 Å². The van der Waals surface area contributed by atoms with Crippen molar-refractivity contribution in [3.8, 4) is 28.7 Å². The molecule has 0 aliphatic carbocycles. The number of esters is 1. The maximum Gasteiger partial charge on any atom is 0.408 e. The molecule has 3 amide bonds. The zero-order valence-corrected chi connectivity index (χ0v) is 32.9. The van der Waals surface area contributed by atoms with Gasteiger partial charge in [0.05, 0.1) is 20.8 Å². The van der Waals surface area contributed by atoms with Gasteiger partial charge in [0.2, 0.25) is 5.91 Å². The number of ether oxygens (including phenoxy) is 6. The Labute approximate surface area is 335 Å². The Morgan fingerprint density at radius 3 is 2.00 bits per heavy atom. The number of carbonyl (C=O) groups is 5. The number of carbonyl (C=O) groups excluding carboxylic acids is 4. The molecule has 3 atom stereocenters. The standard InChI is InChI=1S/C42H47N3O13/c1-7-55-39(50)36(44-37(47)32(19-25-13-16-29(46)17-14-25)43-40(51)56-24-26-11-9-8-10-12-26)28-20-30(53-5)23-31(21-28)57-34-22-27(15-18-33(34)54-6)35(38(48)49)45-41(52)58-42(2,3)4/h8-18,20-23,32,35-36,46H,7,19,24H2,1-6H3,(H,43,51)(H,44,47)(H,45,52)(H,48,49)/t32-,35-,36+/m1/s1. The number of methoxy groups -OCH3 is 2. The van der Waals surface area contributed by atoms with Gasteiger partial charge in [0.15, 0.2) is 23.6 Å². The van der Waals surface area contributed by atoms with Crippen molar-refractivity contribution in [1.82, 2.24) is 16.0 Å². The number of alkyl carbamates (subject to hydrolysis) is 2. The molecular weight excluding hydrogens is 754 g/mol. The van der Waals surface area contributed by atoms with E-state index >= 15 is 0 Å². The molecule has 0 radical (unpaired) electrons. The van der Waals surface area contributed by atoms with E-state index in [1.54, 1.807) is 64.1 Å². The SMILES string of the molecule is CCOC(=O)[C@@H](NC(=O)[C@@H](Cc1ccc(O)cc1)NC(=O)OCc1ccccc1)c1cc(OC)cc(Oc2cc([C@@H](NC(=O)OC(C)(C)C)C(=O)O)ccc2OC)c1. The summed E-state index contributed by atoms with van der Waals surface area (Å²) in [6.45, 7) is 6.41. The Morgan fingerprint density at radius 1 is 0.690 bits per heavy atom. The van der Waals surface area contributed by atoms with Gasteiger partial charge in [0.1, 0.15) is 35.5 Å². The molecule has 16 heteroatoms. The molecule has 4 aromatic rings. The number of rotatable bonds is 17. The first-order chi connectivity index (χ1) is 27.6. The summed E-state index contributed by atoms with van der Waals surface area (Å²) in [5.41, 5.74) is 0.683. The summed E-state index contributed by atoms with van der Waals surface area (Å²) >= 11 is 0. The van der Waals surface area contributed by atoms with E-state index in [4.69, 9.17) is 28.4 Å². The molecule has 0 aliphatic heterocycles. The van der Waals surface area contributed by atoms with Gasteiger partial charge < -0.3 is 54.6 Å². The van der Waals surface area contributed by atoms with Crippen molar-refractivity contribution in [2.45, 2.75) is 64.4 Å². The molecule has 0 aromatic heterocycles. The molecular formula is C42H47N3O13. The average molecular weight is 802 g/mol. The number of hydrogen-bond acceptors (Lipinski definition) is 12. The van der Waals surface area contributed by atoms with Crippen LogP contribution < -0.4 is 30.2 Å². The van der Waals surface area contributed by atoms with E-state index < -0.39 is 53.8 Å². The molecule has 0 fully saturated rings. The van der Waals surface area contributed by atoms with Crippen molar-refractivity contribution in [2.24, 2.45) is 0 Å². The number of carboxylic acid groups (broad SMARTS) is 1. The summed E-state index contributed by atoms with van der Waals surface area (Å²) in [7, 11) is 2.75. The third-order valence-electron chi connectivity index (χ3n) is 8.13. The van der Waals surface area contributed by atoms with Gasteiger partial charge in [0, 0.05) is 12.5 Å². The molecule has 0 bridgehead atoms. The molecule has 58 heavy (non-hydrogen) atoms. The Morgan fingerprint density at radius 2 is 1.38 bits per heavy atom. The molecule has 0 saturated heterocycles. The van der Waals surface area contributed by atoms with Crippen molar-refractivity contribution >= 4 is 30.0 Å². The smallest absolute Gasteiger partial charge is 0.408 e. The lowest BCUT2D eigenvalue weighted by atomic mass is 10.0. The highest BCUT2D eigenvalue weighted by Gasteiger charge is 2.31. The normalized spacial score (nSPS) is 12.4. The Balaban J connectivity index is 1.66. The average Bonchev–Trinajstić information content (AvgIpc) is 3.18. The molecule has 4 rings (SSSR count). The van der Waals surface area contributed by atoms with E-state index in [0.29, 0.717) is 5.56 Å². The van der Waals surface area contributed by atoms with Gasteiger partial charge in [-0.1, -0.05) is 48.5 Å². The van der Waals surface area contributed by atoms with Crippen LogP contribution in [0.4, 0.5) is 9.59 Å². The quantitative estimate of drug-likeness (QED) is 0.0602. The summed E-state index contributed by atoms with van der Waals surface area (Å²) < 4.78 is 33.1. The van der Waals surface area contributed by atoms with Gasteiger partial charge in [-0.15, -0.1) is 0 Å². The Bertz CT molecular complexity index is 2050. The van der Waals surface area contributed by atoms with E-state index in [2.05, 4.69) is 16.0 Å². The molecule has 4 aromatic carbocycles. The van der Waals surface area contributed by atoms with Crippen molar-refractivity contribution in [3.63, 3.8) is 0 Å². The highest BCUT2D eigenvalue weighted by atomic mass is 16.6. The summed E-state index contributed by atoms with van der Waals surface area (Å²) in [6, 6.07) is 19.3. The molecule has 0 aliphatic rings. The van der Waals surface area contributed by atoms with Gasteiger partial charge in [-0.25, -0.2) is 19.2 Å². The topological polar surface area (TPSA) is 217 Å². The molecule has 16 nitrogen and oxygen atoms in total. The van der Waals surface area contributed by atoms with Crippen LogP contribution in [0.5, 0.6) is 28.7 Å². The van der Waals surface area contributed by atoms with Crippen LogP contribution in [0.2, 0.25) is 0 Å². The first-order valence-electron chi connectivity index (χ1n) is 18.1. The molecule has 0 heterocycles. The fraction of sp³-hybridized carbons (Fsp3) is 0.310. The maximum atomic E-state index is 14.0. The molecule has 5 N–H and O–H groups in total. The monoisotopic (exact) mass is 801 g/mol. The first kappa shape index (κ1) is 43.8. The van der Waals surface area contributed by atoms with E-state index in [1.165, 1.54) is 62.8 Å². The van der Waals surface area contributed by atoms with Gasteiger partial charge in [-0.3, -0.25) is 4.79 Å². The van der Waals surface area contributed by atoms with Gasteiger partial charge in [-0.2, -0.15) is 0 Å². The Kier molecular flexibility index (Phi) is 15.3. The number of carboxylic acids is 1. The van der Waals surface area contributed by atoms with Gasteiger partial charge >= 0.3 is 24.1 Å². The minimum atomic E-state index is -1.54. The fourth-order valence-corrected chi connectivity index (χ4v) is 5.46. The van der Waals surface area contributed by atoms with Crippen LogP contribution in [0.25, 0.3) is 0 Å². The first-order valence-corrected chi connectivity index (χ1v) is 18.1. The predicted molar refractivity (Wildman–Crippen MR) is 209 cm³/mol. The second kappa shape index (κ2) is 20.3. The number of nitrogens with one attached hydrogen (secondary N) is 3. The van der Waals surface area contributed by atoms with Crippen molar-refractivity contribution in [1.29, 1.82) is 0 Å². The third-order valence-corrected chi connectivity index (χ3v) is 8.13. The number of aliphatic carboxylic acids is 1. The van der Waals surface area contributed by atoms with Crippen molar-refractivity contribution in [3.05, 3.63) is 113 Å².